The predicted octanol–water partition coefficient (Wildman–Crippen LogP) is 8.26. The molecule has 0 unspecified atom stereocenters. The summed E-state index contributed by atoms with van der Waals surface area (Å²) in [6.07, 6.45) is -0.504. The molecular formula is C32H34NO+. The van der Waals surface area contributed by atoms with Crippen LogP contribution in [0.4, 0.5) is 0 Å². The van der Waals surface area contributed by atoms with Gasteiger partial charge in [-0.1, -0.05) is 75.4 Å². The zero-order valence-corrected chi connectivity index (χ0v) is 20.2. The van der Waals surface area contributed by atoms with Crippen LogP contribution in [0.2, 0.25) is 0 Å². The first-order valence-electron chi connectivity index (χ1n) is 15.4. The van der Waals surface area contributed by atoms with E-state index in [1.54, 1.807) is 44.5 Å². The van der Waals surface area contributed by atoms with Crippen molar-refractivity contribution in [3.05, 3.63) is 89.1 Å². The number of hydrogen-bond acceptors (Lipinski definition) is 1. The van der Waals surface area contributed by atoms with E-state index >= 15 is 0 Å². The molecule has 0 aliphatic rings. The summed E-state index contributed by atoms with van der Waals surface area (Å²) in [7, 11) is 1.73. The summed E-state index contributed by atoms with van der Waals surface area (Å²) in [5.74, 6) is 0. The number of fused-ring (bicyclic) bond motifs is 3. The van der Waals surface area contributed by atoms with Crippen LogP contribution < -0.4 is 4.57 Å². The summed E-state index contributed by atoms with van der Waals surface area (Å²) in [6.45, 7) is 2.18. The van der Waals surface area contributed by atoms with Gasteiger partial charge in [-0.05, 0) is 60.2 Å². The number of hydrogen-bond donors (Lipinski definition) is 0. The molecule has 0 atom stereocenters. The number of nitrogens with zero attached hydrogens (tertiary/aromatic N) is 1. The molecule has 172 valence electrons. The highest BCUT2D eigenvalue weighted by molar-refractivity contribution is 6.16. The van der Waals surface area contributed by atoms with Crippen molar-refractivity contribution >= 4 is 21.9 Å². The summed E-state index contributed by atoms with van der Waals surface area (Å²) in [5, 5.41) is 1.40. The highest BCUT2D eigenvalue weighted by Gasteiger charge is 2.25. The molecule has 2 nitrogen and oxygen atoms in total. The highest BCUT2D eigenvalue weighted by atomic mass is 16.3. The van der Waals surface area contributed by atoms with Crippen molar-refractivity contribution in [3.63, 3.8) is 0 Å². The normalized spacial score (nSPS) is 16.7. The maximum atomic E-state index is 9.02. The summed E-state index contributed by atoms with van der Waals surface area (Å²) in [4.78, 5) is 0. The number of aryl methyl sites for hydroxylation is 4. The Morgan fingerprint density at radius 3 is 2.35 bits per heavy atom. The summed E-state index contributed by atoms with van der Waals surface area (Å²) in [5.41, 5.74) is 3.73. The minimum absolute atomic E-state index is 0.0563. The van der Waals surface area contributed by atoms with E-state index in [1.165, 1.54) is 6.20 Å². The molecule has 0 saturated heterocycles. The van der Waals surface area contributed by atoms with Crippen molar-refractivity contribution < 1.29 is 20.0 Å². The number of furan rings is 1. The van der Waals surface area contributed by atoms with Crippen molar-refractivity contribution in [1.29, 1.82) is 0 Å². The van der Waals surface area contributed by atoms with Crippen LogP contribution in [0.5, 0.6) is 0 Å². The molecule has 0 aliphatic carbocycles. The molecule has 2 heteroatoms. The average Bonchev–Trinajstić information content (AvgIpc) is 3.26. The van der Waals surface area contributed by atoms with Crippen LogP contribution in [-0.2, 0) is 13.4 Å². The Balaban J connectivity index is 1.93. The Hall–Kier alpha value is -3.39. The Bertz CT molecular complexity index is 1820. The van der Waals surface area contributed by atoms with Crippen molar-refractivity contribution in [3.8, 4) is 22.4 Å². The summed E-state index contributed by atoms with van der Waals surface area (Å²) >= 11 is 0. The number of rotatable bonds is 3. The molecule has 0 spiro atoms. The van der Waals surface area contributed by atoms with Crippen LogP contribution in [0.3, 0.4) is 0 Å². The smallest absolute Gasteiger partial charge is 0.216 e. The van der Waals surface area contributed by atoms with Gasteiger partial charge in [0.1, 0.15) is 18.2 Å². The first-order chi connectivity index (χ1) is 19.3. The lowest BCUT2D eigenvalue weighted by Gasteiger charge is -2.19. The fraction of sp³-hybridized carbons (Fsp3) is 0.281. The van der Waals surface area contributed by atoms with E-state index < -0.39 is 25.5 Å². The third-order valence-electron chi connectivity index (χ3n) is 6.12. The Morgan fingerprint density at radius 2 is 1.65 bits per heavy atom. The molecule has 0 amide bonds. The zero-order valence-electron chi connectivity index (χ0n) is 28.2. The van der Waals surface area contributed by atoms with E-state index in [2.05, 4.69) is 0 Å². The van der Waals surface area contributed by atoms with Gasteiger partial charge >= 0.3 is 0 Å². The molecule has 34 heavy (non-hydrogen) atoms. The predicted molar refractivity (Wildman–Crippen MR) is 143 cm³/mol. The molecule has 5 aromatic rings. The van der Waals surface area contributed by atoms with Crippen molar-refractivity contribution in [2.75, 3.05) is 0 Å². The molecule has 0 bridgehead atoms. The first kappa shape index (κ1) is 14.8. The van der Waals surface area contributed by atoms with Gasteiger partial charge in [-0.15, -0.1) is 0 Å². The lowest BCUT2D eigenvalue weighted by Crippen LogP contribution is -2.32. The third kappa shape index (κ3) is 3.81. The summed E-state index contributed by atoms with van der Waals surface area (Å²) in [6, 6.07) is 18.6. The quantitative estimate of drug-likeness (QED) is 0.250. The van der Waals surface area contributed by atoms with Gasteiger partial charge in [0, 0.05) is 33.4 Å². The fourth-order valence-corrected chi connectivity index (χ4v) is 4.62. The number of pyridine rings is 1. The summed E-state index contributed by atoms with van der Waals surface area (Å²) < 4.78 is 75.4. The van der Waals surface area contributed by atoms with Crippen LogP contribution >= 0.6 is 0 Å². The first-order valence-corrected chi connectivity index (χ1v) is 11.4. The van der Waals surface area contributed by atoms with E-state index in [4.69, 9.17) is 15.4 Å². The monoisotopic (exact) mass is 456 g/mol. The van der Waals surface area contributed by atoms with Gasteiger partial charge in [-0.2, -0.15) is 0 Å². The Labute approximate surface area is 214 Å². The van der Waals surface area contributed by atoms with Crippen LogP contribution in [0.1, 0.15) is 54.0 Å². The fourth-order valence-electron chi connectivity index (χ4n) is 4.62. The second-order valence-corrected chi connectivity index (χ2v) is 9.94. The Kier molecular flexibility index (Phi) is 3.53. The van der Waals surface area contributed by atoms with Crippen LogP contribution in [0.25, 0.3) is 44.3 Å². The van der Waals surface area contributed by atoms with Gasteiger partial charge in [0.15, 0.2) is 6.20 Å². The molecule has 0 N–H and O–H groups in total. The Morgan fingerprint density at radius 1 is 0.912 bits per heavy atom. The van der Waals surface area contributed by atoms with E-state index in [-0.39, 0.29) is 22.3 Å². The van der Waals surface area contributed by atoms with E-state index in [9.17, 15) is 0 Å². The van der Waals surface area contributed by atoms with Gasteiger partial charge in [0.05, 0.1) is 5.56 Å². The van der Waals surface area contributed by atoms with Gasteiger partial charge in [-0.3, -0.25) is 0 Å². The number of aromatic nitrogens is 1. The van der Waals surface area contributed by atoms with Gasteiger partial charge < -0.3 is 4.42 Å². The van der Waals surface area contributed by atoms with E-state index in [0.717, 1.165) is 22.1 Å². The molecule has 2 aromatic heterocycles. The molecule has 0 aliphatic heterocycles. The number of benzene rings is 3. The zero-order chi connectivity index (χ0) is 31.0. The van der Waals surface area contributed by atoms with Gasteiger partial charge in [0.2, 0.25) is 5.69 Å². The lowest BCUT2D eigenvalue weighted by molar-refractivity contribution is -0.660. The average molecular weight is 457 g/mol. The van der Waals surface area contributed by atoms with Crippen LogP contribution in [0, 0.1) is 26.0 Å². The topological polar surface area (TPSA) is 17.0 Å². The molecule has 0 radical (unpaired) electrons. The molecule has 0 saturated carbocycles. The van der Waals surface area contributed by atoms with Crippen LogP contribution in [0.15, 0.2) is 71.3 Å². The van der Waals surface area contributed by atoms with Crippen molar-refractivity contribution in [2.24, 2.45) is 12.5 Å². The maximum Gasteiger partial charge on any atom is 0.216 e. The lowest BCUT2D eigenvalue weighted by atomic mass is 9.86. The van der Waals surface area contributed by atoms with Crippen molar-refractivity contribution in [1.82, 2.24) is 0 Å². The van der Waals surface area contributed by atoms with Crippen LogP contribution in [-0.4, -0.2) is 0 Å². The van der Waals surface area contributed by atoms with Crippen molar-refractivity contribution in [2.45, 2.75) is 47.8 Å². The maximum absolute atomic E-state index is 9.02. The second-order valence-electron chi connectivity index (χ2n) is 9.94. The van der Waals surface area contributed by atoms with Gasteiger partial charge in [0.25, 0.3) is 0 Å². The highest BCUT2D eigenvalue weighted by Crippen LogP contribution is 2.42. The van der Waals surface area contributed by atoms with E-state index in [1.807, 2.05) is 55.5 Å². The molecule has 2 heterocycles. The molecule has 5 rings (SSSR count). The van der Waals surface area contributed by atoms with Gasteiger partial charge in [-0.25, -0.2) is 4.57 Å². The standard InChI is InChI=1S/C32H34NO/c1-20-13-16-26-29-25(23-11-9-8-10-12-23)15-14-21(2)30(29)34-31(26)28(20)27-17-24(18-32(4,5)6)22(3)19-33(27)7/h8-17,19H,18H2,1-7H3/q+1/i2D3,3D3,18D2. The second kappa shape index (κ2) is 8.13. The minimum atomic E-state index is -2.54. The largest absolute Gasteiger partial charge is 0.455 e. The minimum Gasteiger partial charge on any atom is -0.455 e. The molecule has 3 aromatic carbocycles. The molecule has 0 fully saturated rings. The molecular weight excluding hydrogens is 414 g/mol. The van der Waals surface area contributed by atoms with E-state index in [0.29, 0.717) is 22.2 Å². The SMILES string of the molecule is [2H]C([2H])([2H])c1c[n+](C)c(-c2c(C)ccc3c2oc2c(C([2H])([2H])[2H])ccc(-c4ccccc4)c23)cc1C([2H])([2H])C(C)(C)C. The third-order valence-corrected chi connectivity index (χ3v) is 6.12.